The summed E-state index contributed by atoms with van der Waals surface area (Å²) in [5.74, 6) is -1.79. The maximum Gasteiger partial charge on any atom is 0.262 e. The van der Waals surface area contributed by atoms with Crippen LogP contribution in [-0.4, -0.2) is 23.2 Å². The second-order valence-electron chi connectivity index (χ2n) is 4.04. The summed E-state index contributed by atoms with van der Waals surface area (Å²) in [7, 11) is 0. The van der Waals surface area contributed by atoms with Crippen LogP contribution in [0.4, 0.5) is 4.39 Å². The van der Waals surface area contributed by atoms with Crippen molar-refractivity contribution in [3.05, 3.63) is 11.6 Å². The molecule has 0 aromatic carbocycles. The van der Waals surface area contributed by atoms with Crippen molar-refractivity contribution in [2.24, 2.45) is 0 Å². The van der Waals surface area contributed by atoms with Crippen molar-refractivity contribution in [3.63, 3.8) is 0 Å². The van der Waals surface area contributed by atoms with Crippen LogP contribution in [0.5, 0.6) is 0 Å². The van der Waals surface area contributed by atoms with Gasteiger partial charge in [-0.2, -0.15) is 0 Å². The molecule has 0 spiro atoms. The van der Waals surface area contributed by atoms with Crippen molar-refractivity contribution in [2.45, 2.75) is 45.1 Å². The minimum atomic E-state index is -1.79. The molecule has 1 aliphatic rings. The molecule has 1 saturated heterocycles. The van der Waals surface area contributed by atoms with Gasteiger partial charge in [0.05, 0.1) is 0 Å². The molecule has 0 aromatic heterocycles. The lowest BCUT2D eigenvalue weighted by atomic mass is 9.99. The van der Waals surface area contributed by atoms with Gasteiger partial charge in [-0.25, -0.2) is 4.39 Å². The number of halogens is 1. The molecule has 76 valence electrons. The average Bonchev–Trinajstić information content (AvgIpc) is 2.55. The van der Waals surface area contributed by atoms with Gasteiger partial charge in [0.2, 0.25) is 0 Å². The number of aliphatic hydroxyl groups is 1. The lowest BCUT2D eigenvalue weighted by molar-refractivity contribution is 0.0648. The Kier molecular flexibility index (Phi) is 2.78. The number of epoxide rings is 1. The highest BCUT2D eigenvalue weighted by molar-refractivity contribution is 5.07. The van der Waals surface area contributed by atoms with Crippen LogP contribution in [0.2, 0.25) is 0 Å². The smallest absolute Gasteiger partial charge is 0.262 e. The number of hydrogen-bond acceptors (Lipinski definition) is 2. The van der Waals surface area contributed by atoms with Crippen LogP contribution < -0.4 is 0 Å². The van der Waals surface area contributed by atoms with E-state index in [0.717, 1.165) is 6.42 Å². The minimum Gasteiger partial charge on any atom is -0.390 e. The Labute approximate surface area is 78.4 Å². The first-order valence-corrected chi connectivity index (χ1v) is 4.57. The first-order valence-electron chi connectivity index (χ1n) is 4.57. The van der Waals surface area contributed by atoms with Crippen molar-refractivity contribution < 1.29 is 14.2 Å². The summed E-state index contributed by atoms with van der Waals surface area (Å²) in [5.41, 5.74) is 0.450. The minimum absolute atomic E-state index is 0.543. The number of rotatable bonds is 4. The number of ether oxygens (including phenoxy) is 1. The number of aliphatic hydroxyl groups excluding tert-OH is 1. The molecule has 1 heterocycles. The monoisotopic (exact) mass is 188 g/mol. The van der Waals surface area contributed by atoms with Crippen LogP contribution in [0.15, 0.2) is 11.6 Å². The fraction of sp³-hybridized carbons (Fsp3) is 0.800. The molecule has 2 nitrogen and oxygen atoms in total. The lowest BCUT2D eigenvalue weighted by Gasteiger charge is -2.05. The van der Waals surface area contributed by atoms with Gasteiger partial charge in [0.15, 0.2) is 0 Å². The predicted octanol–water partition coefficient (Wildman–Crippen LogP) is 2.18. The van der Waals surface area contributed by atoms with Gasteiger partial charge in [-0.05, 0) is 33.6 Å². The van der Waals surface area contributed by atoms with E-state index in [1.807, 2.05) is 19.9 Å². The molecule has 0 aromatic rings. The third-order valence-electron chi connectivity index (χ3n) is 2.51. The van der Waals surface area contributed by atoms with Gasteiger partial charge in [0, 0.05) is 0 Å². The zero-order valence-electron chi connectivity index (χ0n) is 8.43. The average molecular weight is 188 g/mol. The fourth-order valence-corrected chi connectivity index (χ4v) is 1.41. The van der Waals surface area contributed by atoms with Gasteiger partial charge in [0.25, 0.3) is 5.85 Å². The molecule has 1 fully saturated rings. The summed E-state index contributed by atoms with van der Waals surface area (Å²) in [5, 5.41) is 8.69. The van der Waals surface area contributed by atoms with Crippen LogP contribution in [0.3, 0.4) is 0 Å². The zero-order chi connectivity index (χ0) is 10.1. The van der Waals surface area contributed by atoms with E-state index in [4.69, 9.17) is 9.84 Å². The Bertz CT molecular complexity index is 223. The van der Waals surface area contributed by atoms with Crippen molar-refractivity contribution >= 4 is 0 Å². The predicted molar refractivity (Wildman–Crippen MR) is 49.1 cm³/mol. The molecule has 1 N–H and O–H groups in total. The second-order valence-corrected chi connectivity index (χ2v) is 4.04. The van der Waals surface area contributed by atoms with Crippen molar-refractivity contribution in [1.29, 1.82) is 0 Å². The van der Waals surface area contributed by atoms with Crippen LogP contribution >= 0.6 is 0 Å². The van der Waals surface area contributed by atoms with Gasteiger partial charge >= 0.3 is 0 Å². The van der Waals surface area contributed by atoms with Crippen LogP contribution in [0, 0.1) is 0 Å². The van der Waals surface area contributed by atoms with E-state index in [2.05, 4.69) is 0 Å². The molecule has 0 radical (unpaired) electrons. The summed E-state index contributed by atoms with van der Waals surface area (Å²) < 4.78 is 18.2. The van der Waals surface area contributed by atoms with E-state index in [0.29, 0.717) is 6.42 Å². The van der Waals surface area contributed by atoms with Crippen LogP contribution in [0.1, 0.15) is 33.6 Å². The van der Waals surface area contributed by atoms with E-state index < -0.39 is 18.1 Å². The van der Waals surface area contributed by atoms with Crippen LogP contribution in [0.25, 0.3) is 0 Å². The Hall–Kier alpha value is -0.410. The number of alkyl halides is 1. The first kappa shape index (κ1) is 10.7. The van der Waals surface area contributed by atoms with Crippen molar-refractivity contribution in [3.8, 4) is 0 Å². The molecular weight excluding hydrogens is 171 g/mol. The Morgan fingerprint density at radius 1 is 1.54 bits per heavy atom. The Morgan fingerprint density at radius 2 is 2.15 bits per heavy atom. The Morgan fingerprint density at radius 3 is 2.54 bits per heavy atom. The standard InChI is InChI=1S/C10H17FO2/c1-8(2)5-4-6-9(3)10(11,7-12)13-9/h5,12H,4,6-7H2,1-3H3/t9-,10+/m1/s1. The van der Waals surface area contributed by atoms with Gasteiger partial charge in [-0.15, -0.1) is 0 Å². The zero-order valence-corrected chi connectivity index (χ0v) is 8.43. The second kappa shape index (κ2) is 3.39. The Balaban J connectivity index is 2.36. The number of hydrogen-bond donors (Lipinski definition) is 1. The normalized spacial score (nSPS) is 37.3. The SMILES string of the molecule is CC(C)=CCC[C@@]1(C)O[C@@]1(F)CO. The van der Waals surface area contributed by atoms with E-state index in [-0.39, 0.29) is 0 Å². The van der Waals surface area contributed by atoms with E-state index >= 15 is 0 Å². The first-order chi connectivity index (χ1) is 5.93. The summed E-state index contributed by atoms with van der Waals surface area (Å²) in [6, 6.07) is 0. The van der Waals surface area contributed by atoms with Gasteiger partial charge in [-0.3, -0.25) is 0 Å². The van der Waals surface area contributed by atoms with E-state index in [1.165, 1.54) is 5.57 Å². The molecule has 0 amide bonds. The van der Waals surface area contributed by atoms with E-state index in [1.54, 1.807) is 6.92 Å². The maximum absolute atomic E-state index is 13.3. The molecule has 0 saturated carbocycles. The molecule has 1 aliphatic heterocycles. The third kappa shape index (κ3) is 2.09. The largest absolute Gasteiger partial charge is 0.390 e. The highest BCUT2D eigenvalue weighted by Gasteiger charge is 2.67. The summed E-state index contributed by atoms with van der Waals surface area (Å²) >= 11 is 0. The topological polar surface area (TPSA) is 32.8 Å². The summed E-state index contributed by atoms with van der Waals surface area (Å²) in [6.07, 6.45) is 3.46. The highest BCUT2D eigenvalue weighted by atomic mass is 19.2. The quantitative estimate of drug-likeness (QED) is 0.541. The third-order valence-corrected chi connectivity index (χ3v) is 2.51. The molecule has 13 heavy (non-hydrogen) atoms. The fourth-order valence-electron chi connectivity index (χ4n) is 1.41. The van der Waals surface area contributed by atoms with Gasteiger partial charge in [-0.1, -0.05) is 11.6 Å². The summed E-state index contributed by atoms with van der Waals surface area (Å²) in [6.45, 7) is 5.16. The van der Waals surface area contributed by atoms with Crippen molar-refractivity contribution in [1.82, 2.24) is 0 Å². The summed E-state index contributed by atoms with van der Waals surface area (Å²) in [4.78, 5) is 0. The molecule has 0 unspecified atom stereocenters. The molecule has 3 heteroatoms. The molecule has 0 aliphatic carbocycles. The van der Waals surface area contributed by atoms with Crippen molar-refractivity contribution in [2.75, 3.05) is 6.61 Å². The molecule has 2 atom stereocenters. The van der Waals surface area contributed by atoms with Gasteiger partial charge < -0.3 is 9.84 Å². The van der Waals surface area contributed by atoms with E-state index in [9.17, 15) is 4.39 Å². The molecule has 0 bridgehead atoms. The van der Waals surface area contributed by atoms with Crippen LogP contribution in [-0.2, 0) is 4.74 Å². The highest BCUT2D eigenvalue weighted by Crippen LogP contribution is 2.51. The maximum atomic E-state index is 13.3. The van der Waals surface area contributed by atoms with Gasteiger partial charge in [0.1, 0.15) is 12.2 Å². The number of allylic oxidation sites excluding steroid dienone is 2. The lowest BCUT2D eigenvalue weighted by Crippen LogP contribution is -2.22. The molecular formula is C10H17FO2. The molecule has 1 rings (SSSR count).